The summed E-state index contributed by atoms with van der Waals surface area (Å²) in [4.78, 5) is 13.2. The second-order valence-electron chi connectivity index (χ2n) is 7.11. The van der Waals surface area contributed by atoms with Crippen molar-refractivity contribution in [2.75, 3.05) is 12.4 Å². The first-order valence-corrected chi connectivity index (χ1v) is 11.1. The molecule has 0 fully saturated rings. The van der Waals surface area contributed by atoms with Gasteiger partial charge in [0.25, 0.3) is 0 Å². The van der Waals surface area contributed by atoms with Crippen LogP contribution in [0.15, 0.2) is 72.0 Å². The van der Waals surface area contributed by atoms with Crippen LogP contribution in [0.4, 0.5) is 11.5 Å². The van der Waals surface area contributed by atoms with Crippen LogP contribution in [0.1, 0.15) is 11.3 Å². The van der Waals surface area contributed by atoms with Gasteiger partial charge < -0.3 is 10.1 Å². The van der Waals surface area contributed by atoms with E-state index in [1.165, 1.54) is 17.7 Å². The summed E-state index contributed by atoms with van der Waals surface area (Å²) in [6.07, 6.45) is 3.17. The Labute approximate surface area is 179 Å². The highest BCUT2D eigenvalue weighted by Crippen LogP contribution is 2.34. The van der Waals surface area contributed by atoms with Crippen LogP contribution in [-0.4, -0.2) is 34.8 Å². The first-order chi connectivity index (χ1) is 15.1. The van der Waals surface area contributed by atoms with Crippen molar-refractivity contribution in [3.8, 4) is 5.75 Å². The van der Waals surface area contributed by atoms with Crippen LogP contribution in [0, 0.1) is 0 Å². The van der Waals surface area contributed by atoms with E-state index in [9.17, 15) is 8.42 Å². The van der Waals surface area contributed by atoms with Crippen molar-refractivity contribution in [2.45, 2.75) is 18.0 Å². The zero-order valence-corrected chi connectivity index (χ0v) is 17.5. The zero-order valence-electron chi connectivity index (χ0n) is 16.7. The molecule has 0 atom stereocenters. The largest absolute Gasteiger partial charge is 0.495 e. The Morgan fingerprint density at radius 3 is 2.68 bits per heavy atom. The Morgan fingerprint density at radius 2 is 1.81 bits per heavy atom. The molecule has 5 rings (SSSR count). The number of para-hydroxylation sites is 2. The van der Waals surface area contributed by atoms with E-state index in [1.54, 1.807) is 30.5 Å². The predicted octanol–water partition coefficient (Wildman–Crippen LogP) is 3.48. The van der Waals surface area contributed by atoms with Crippen molar-refractivity contribution >= 4 is 32.4 Å². The third kappa shape index (κ3) is 3.47. The van der Waals surface area contributed by atoms with Crippen LogP contribution in [0.3, 0.4) is 0 Å². The molecular formula is C22H19N5O3S. The Hall–Kier alpha value is -3.56. The summed E-state index contributed by atoms with van der Waals surface area (Å²) in [7, 11) is -2.31. The van der Waals surface area contributed by atoms with E-state index in [1.807, 2.05) is 30.3 Å². The topological polar surface area (TPSA) is 97.3 Å². The van der Waals surface area contributed by atoms with Crippen LogP contribution >= 0.6 is 0 Å². The third-order valence-electron chi connectivity index (χ3n) is 5.24. The van der Waals surface area contributed by atoms with Gasteiger partial charge in [-0.1, -0.05) is 30.3 Å². The number of hydrogen-bond acceptors (Lipinski definition) is 7. The van der Waals surface area contributed by atoms with E-state index in [4.69, 9.17) is 4.74 Å². The number of methoxy groups -OCH3 is 1. The van der Waals surface area contributed by atoms with Gasteiger partial charge in [-0.15, -0.1) is 0 Å². The average Bonchev–Trinajstić information content (AvgIpc) is 3.25. The monoisotopic (exact) mass is 433 g/mol. The maximum atomic E-state index is 13.3. The average molecular weight is 433 g/mol. The molecule has 0 saturated heterocycles. The van der Waals surface area contributed by atoms with Crippen molar-refractivity contribution in [2.24, 2.45) is 0 Å². The molecule has 0 unspecified atom stereocenters. The number of anilines is 2. The van der Waals surface area contributed by atoms with Crippen LogP contribution in [0.2, 0.25) is 0 Å². The molecule has 31 heavy (non-hydrogen) atoms. The SMILES string of the molecule is COc1ccccc1S(=O)(=O)N1Cc2ncnc(Nc3cnc4ccccc4c3)c2C1. The number of ether oxygens (including phenoxy) is 1. The number of rotatable bonds is 5. The van der Waals surface area contributed by atoms with Gasteiger partial charge in [0.05, 0.1) is 36.7 Å². The molecular weight excluding hydrogens is 414 g/mol. The lowest BCUT2D eigenvalue weighted by Gasteiger charge is -2.17. The minimum absolute atomic E-state index is 0.131. The molecule has 9 heteroatoms. The lowest BCUT2D eigenvalue weighted by molar-refractivity contribution is 0.392. The van der Waals surface area contributed by atoms with Crippen molar-refractivity contribution in [3.63, 3.8) is 0 Å². The molecule has 0 spiro atoms. The summed E-state index contributed by atoms with van der Waals surface area (Å²) in [6.45, 7) is 0.336. The van der Waals surface area contributed by atoms with Gasteiger partial charge in [0.2, 0.25) is 10.0 Å². The molecule has 4 aromatic rings. The minimum Gasteiger partial charge on any atom is -0.495 e. The molecule has 0 saturated carbocycles. The third-order valence-corrected chi connectivity index (χ3v) is 7.07. The standard InChI is InChI=1S/C22H19N5O3S/c1-30-20-8-4-5-9-21(20)31(28,29)27-12-17-19(13-27)24-14-25-22(17)26-16-10-15-6-2-3-7-18(15)23-11-16/h2-11,14H,12-13H2,1H3,(H,24,25,26). The van der Waals surface area contributed by atoms with Gasteiger partial charge >= 0.3 is 0 Å². The number of benzene rings is 2. The summed E-state index contributed by atoms with van der Waals surface area (Å²) in [6, 6.07) is 16.4. The lowest BCUT2D eigenvalue weighted by atomic mass is 10.2. The highest BCUT2D eigenvalue weighted by atomic mass is 32.2. The number of sulfonamides is 1. The normalized spacial score (nSPS) is 13.8. The molecule has 0 radical (unpaired) electrons. The highest BCUT2D eigenvalue weighted by molar-refractivity contribution is 7.89. The summed E-state index contributed by atoms with van der Waals surface area (Å²) in [5.74, 6) is 0.880. The van der Waals surface area contributed by atoms with Crippen LogP contribution < -0.4 is 10.1 Å². The van der Waals surface area contributed by atoms with Crippen LogP contribution in [-0.2, 0) is 23.1 Å². The van der Waals surface area contributed by atoms with Crippen molar-refractivity contribution < 1.29 is 13.2 Å². The fourth-order valence-electron chi connectivity index (χ4n) is 3.68. The lowest BCUT2D eigenvalue weighted by Crippen LogP contribution is -2.26. The van der Waals surface area contributed by atoms with E-state index in [-0.39, 0.29) is 18.0 Å². The smallest absolute Gasteiger partial charge is 0.247 e. The van der Waals surface area contributed by atoms with Gasteiger partial charge in [0.15, 0.2) is 0 Å². The van der Waals surface area contributed by atoms with E-state index >= 15 is 0 Å². The van der Waals surface area contributed by atoms with Gasteiger partial charge in [0.1, 0.15) is 22.8 Å². The molecule has 0 amide bonds. The van der Waals surface area contributed by atoms with Crippen molar-refractivity contribution in [1.82, 2.24) is 19.3 Å². The fourth-order valence-corrected chi connectivity index (χ4v) is 5.20. The fraction of sp³-hybridized carbons (Fsp3) is 0.136. The Bertz CT molecular complexity index is 1390. The first kappa shape index (κ1) is 19.4. The summed E-state index contributed by atoms with van der Waals surface area (Å²) in [5.41, 5.74) is 3.08. The summed E-state index contributed by atoms with van der Waals surface area (Å²) >= 11 is 0. The van der Waals surface area contributed by atoms with E-state index in [2.05, 4.69) is 20.3 Å². The second-order valence-corrected chi connectivity index (χ2v) is 9.02. The molecule has 8 nitrogen and oxygen atoms in total. The summed E-state index contributed by atoms with van der Waals surface area (Å²) in [5, 5.41) is 4.27. The Kier molecular flexibility index (Phi) is 4.76. The highest BCUT2D eigenvalue weighted by Gasteiger charge is 2.35. The molecule has 3 heterocycles. The van der Waals surface area contributed by atoms with E-state index < -0.39 is 10.0 Å². The Morgan fingerprint density at radius 1 is 1.00 bits per heavy atom. The zero-order chi connectivity index (χ0) is 21.4. The van der Waals surface area contributed by atoms with Gasteiger partial charge in [0, 0.05) is 17.5 Å². The molecule has 1 aliphatic heterocycles. The molecule has 1 N–H and O–H groups in total. The quantitative estimate of drug-likeness (QED) is 0.515. The Balaban J connectivity index is 1.46. The van der Waals surface area contributed by atoms with E-state index in [0.29, 0.717) is 17.3 Å². The number of nitrogens with one attached hydrogen (secondary N) is 1. The summed E-state index contributed by atoms with van der Waals surface area (Å²) < 4.78 is 33.2. The molecule has 0 aliphatic carbocycles. The number of fused-ring (bicyclic) bond motifs is 2. The maximum Gasteiger partial charge on any atom is 0.247 e. The molecule has 0 bridgehead atoms. The molecule has 2 aromatic heterocycles. The first-order valence-electron chi connectivity index (χ1n) is 9.64. The van der Waals surface area contributed by atoms with Gasteiger partial charge in [-0.05, 0) is 24.3 Å². The molecule has 156 valence electrons. The van der Waals surface area contributed by atoms with Gasteiger partial charge in [-0.3, -0.25) is 4.98 Å². The van der Waals surface area contributed by atoms with Crippen LogP contribution in [0.25, 0.3) is 10.9 Å². The minimum atomic E-state index is -3.77. The maximum absolute atomic E-state index is 13.3. The van der Waals surface area contributed by atoms with Crippen molar-refractivity contribution in [3.05, 3.63) is 78.4 Å². The second kappa shape index (κ2) is 7.60. The van der Waals surface area contributed by atoms with Gasteiger partial charge in [-0.25, -0.2) is 18.4 Å². The number of hydrogen-bond donors (Lipinski definition) is 1. The number of pyridine rings is 1. The van der Waals surface area contributed by atoms with Crippen LogP contribution in [0.5, 0.6) is 5.75 Å². The van der Waals surface area contributed by atoms with Crippen molar-refractivity contribution in [1.29, 1.82) is 0 Å². The predicted molar refractivity (Wildman–Crippen MR) is 116 cm³/mol. The molecule has 2 aromatic carbocycles. The van der Waals surface area contributed by atoms with E-state index in [0.717, 1.165) is 22.2 Å². The number of aromatic nitrogens is 3. The van der Waals surface area contributed by atoms with Gasteiger partial charge in [-0.2, -0.15) is 4.31 Å². The number of nitrogens with zero attached hydrogens (tertiary/aromatic N) is 4. The molecule has 1 aliphatic rings.